The van der Waals surface area contributed by atoms with Gasteiger partial charge in [0.1, 0.15) is 6.10 Å². The third kappa shape index (κ3) is 3.96. The van der Waals surface area contributed by atoms with Crippen LogP contribution in [0.25, 0.3) is 0 Å². The van der Waals surface area contributed by atoms with Gasteiger partial charge in [0.05, 0.1) is 0 Å². The van der Waals surface area contributed by atoms with Gasteiger partial charge in [0.2, 0.25) is 0 Å². The average molecular weight is 168 g/mol. The monoisotopic (exact) mass is 168 g/mol. The van der Waals surface area contributed by atoms with E-state index in [1.807, 2.05) is 32.9 Å². The summed E-state index contributed by atoms with van der Waals surface area (Å²) in [6, 6.07) is 0. The number of allylic oxidation sites excluding steroid dienone is 2. The number of ether oxygens (including phenoxy) is 1. The van der Waals surface area contributed by atoms with E-state index in [0.717, 1.165) is 0 Å². The van der Waals surface area contributed by atoms with Gasteiger partial charge in [-0.1, -0.05) is 12.2 Å². The molecule has 68 valence electrons. The quantitative estimate of drug-likeness (QED) is 0.367. The predicted octanol–water partition coefficient (Wildman–Crippen LogP) is 2.46. The molecule has 2 heteroatoms. The Hall–Kier alpha value is -1.05. The van der Waals surface area contributed by atoms with E-state index in [1.165, 1.54) is 0 Å². The second-order valence-electron chi connectivity index (χ2n) is 2.61. The van der Waals surface area contributed by atoms with E-state index in [2.05, 4.69) is 0 Å². The number of hydrogen-bond donors (Lipinski definition) is 0. The van der Waals surface area contributed by atoms with E-state index in [0.29, 0.717) is 5.57 Å². The molecule has 0 fully saturated rings. The smallest absolute Gasteiger partial charge is 0.333 e. The van der Waals surface area contributed by atoms with Gasteiger partial charge in [-0.05, 0) is 33.8 Å². The molecule has 1 atom stereocenters. The lowest BCUT2D eigenvalue weighted by Gasteiger charge is -2.08. The van der Waals surface area contributed by atoms with Crippen LogP contribution in [0.1, 0.15) is 27.7 Å². The maximum absolute atomic E-state index is 11.1. The van der Waals surface area contributed by atoms with Gasteiger partial charge in [0, 0.05) is 5.57 Å². The van der Waals surface area contributed by atoms with E-state index in [4.69, 9.17) is 4.74 Å². The first kappa shape index (κ1) is 11.0. The third-order valence-corrected chi connectivity index (χ3v) is 1.51. The van der Waals surface area contributed by atoms with Crippen LogP contribution in [0.5, 0.6) is 0 Å². The fourth-order valence-electron chi connectivity index (χ4n) is 0.690. The normalized spacial score (nSPS) is 14.8. The molecule has 0 radical (unpaired) electrons. The first-order valence-corrected chi connectivity index (χ1v) is 4.08. The van der Waals surface area contributed by atoms with Crippen molar-refractivity contribution in [1.82, 2.24) is 0 Å². The van der Waals surface area contributed by atoms with Crippen LogP contribution in [-0.2, 0) is 9.53 Å². The highest BCUT2D eigenvalue weighted by atomic mass is 16.5. The van der Waals surface area contributed by atoms with Gasteiger partial charge >= 0.3 is 5.97 Å². The molecule has 0 aromatic rings. The van der Waals surface area contributed by atoms with Crippen LogP contribution >= 0.6 is 0 Å². The van der Waals surface area contributed by atoms with Gasteiger partial charge in [-0.3, -0.25) is 0 Å². The summed E-state index contributed by atoms with van der Waals surface area (Å²) in [6.45, 7) is 7.29. The Bertz CT molecular complexity index is 202. The summed E-state index contributed by atoms with van der Waals surface area (Å²) in [7, 11) is 0. The fraction of sp³-hybridized carbons (Fsp3) is 0.500. The van der Waals surface area contributed by atoms with Gasteiger partial charge in [-0.15, -0.1) is 0 Å². The van der Waals surface area contributed by atoms with Crippen molar-refractivity contribution in [1.29, 1.82) is 0 Å². The van der Waals surface area contributed by atoms with Crippen molar-refractivity contribution < 1.29 is 9.53 Å². The fourth-order valence-corrected chi connectivity index (χ4v) is 0.690. The second-order valence-corrected chi connectivity index (χ2v) is 2.61. The zero-order chi connectivity index (χ0) is 9.56. The Morgan fingerprint density at radius 3 is 2.42 bits per heavy atom. The van der Waals surface area contributed by atoms with Crippen LogP contribution in [0.15, 0.2) is 23.8 Å². The van der Waals surface area contributed by atoms with Crippen LogP contribution in [0.3, 0.4) is 0 Å². The number of rotatable bonds is 3. The van der Waals surface area contributed by atoms with Gasteiger partial charge in [-0.25, -0.2) is 4.79 Å². The van der Waals surface area contributed by atoms with Crippen LogP contribution in [0, 0.1) is 0 Å². The minimum Gasteiger partial charge on any atom is -0.455 e. The van der Waals surface area contributed by atoms with E-state index in [-0.39, 0.29) is 12.1 Å². The van der Waals surface area contributed by atoms with Crippen LogP contribution < -0.4 is 0 Å². The molecule has 0 bridgehead atoms. The number of carbonyl (C=O) groups excluding carboxylic acids is 1. The molecule has 0 aliphatic carbocycles. The number of carbonyl (C=O) groups is 1. The standard InChI is InChI=1S/C10H16O2/c1-5-7-9(4)12-10(11)8(3)6-2/h5-7,9H,1-4H3/b7-5+,8-6-. The Balaban J connectivity index is 4.01. The van der Waals surface area contributed by atoms with Crippen molar-refractivity contribution in [2.24, 2.45) is 0 Å². The molecule has 0 N–H and O–H groups in total. The summed E-state index contributed by atoms with van der Waals surface area (Å²) in [5.74, 6) is -0.247. The van der Waals surface area contributed by atoms with Gasteiger partial charge < -0.3 is 4.74 Å². The van der Waals surface area contributed by atoms with E-state index < -0.39 is 0 Å². The molecule has 0 rings (SSSR count). The first-order valence-electron chi connectivity index (χ1n) is 4.08. The SMILES string of the molecule is C/C=C(/C)C(=O)OC(C)/C=C/C. The van der Waals surface area contributed by atoms with Crippen molar-refractivity contribution in [3.63, 3.8) is 0 Å². The molecule has 0 saturated carbocycles. The molecule has 0 spiro atoms. The zero-order valence-corrected chi connectivity index (χ0v) is 8.13. The lowest BCUT2D eigenvalue weighted by molar-refractivity contribution is -0.141. The van der Waals surface area contributed by atoms with Crippen molar-refractivity contribution in [2.45, 2.75) is 33.8 Å². The summed E-state index contributed by atoms with van der Waals surface area (Å²) < 4.78 is 5.05. The molecular formula is C10H16O2. The molecule has 2 nitrogen and oxygen atoms in total. The largest absolute Gasteiger partial charge is 0.455 e. The first-order chi connectivity index (χ1) is 5.61. The topological polar surface area (TPSA) is 26.3 Å². The van der Waals surface area contributed by atoms with Crippen LogP contribution in [0.4, 0.5) is 0 Å². The van der Waals surface area contributed by atoms with Crippen LogP contribution in [-0.4, -0.2) is 12.1 Å². The molecule has 0 aliphatic rings. The highest BCUT2D eigenvalue weighted by molar-refractivity contribution is 5.87. The maximum Gasteiger partial charge on any atom is 0.333 e. The van der Waals surface area contributed by atoms with Gasteiger partial charge in [0.25, 0.3) is 0 Å². The number of esters is 1. The lowest BCUT2D eigenvalue weighted by Crippen LogP contribution is -2.13. The van der Waals surface area contributed by atoms with Crippen molar-refractivity contribution in [3.05, 3.63) is 23.8 Å². The van der Waals surface area contributed by atoms with E-state index >= 15 is 0 Å². The summed E-state index contributed by atoms with van der Waals surface area (Å²) >= 11 is 0. The summed E-state index contributed by atoms with van der Waals surface area (Å²) in [5.41, 5.74) is 0.645. The highest BCUT2D eigenvalue weighted by Gasteiger charge is 2.06. The highest BCUT2D eigenvalue weighted by Crippen LogP contribution is 2.00. The minimum absolute atomic E-state index is 0.141. The van der Waals surface area contributed by atoms with Crippen molar-refractivity contribution in [2.75, 3.05) is 0 Å². The lowest BCUT2D eigenvalue weighted by atomic mass is 10.3. The molecule has 0 saturated heterocycles. The molecular weight excluding hydrogens is 152 g/mol. The molecule has 0 aromatic carbocycles. The van der Waals surface area contributed by atoms with Gasteiger partial charge in [-0.2, -0.15) is 0 Å². The second kappa shape index (κ2) is 5.58. The summed E-state index contributed by atoms with van der Waals surface area (Å²) in [5, 5.41) is 0. The molecule has 12 heavy (non-hydrogen) atoms. The Morgan fingerprint density at radius 2 is 2.00 bits per heavy atom. The van der Waals surface area contributed by atoms with Crippen molar-refractivity contribution >= 4 is 5.97 Å². The zero-order valence-electron chi connectivity index (χ0n) is 8.13. The molecule has 0 aliphatic heterocycles. The molecule has 0 amide bonds. The van der Waals surface area contributed by atoms with Gasteiger partial charge in [0.15, 0.2) is 0 Å². The average Bonchev–Trinajstić information content (AvgIpc) is 2.03. The summed E-state index contributed by atoms with van der Waals surface area (Å²) in [6.07, 6.45) is 5.30. The summed E-state index contributed by atoms with van der Waals surface area (Å²) in [4.78, 5) is 11.1. The third-order valence-electron chi connectivity index (χ3n) is 1.51. The molecule has 0 heterocycles. The van der Waals surface area contributed by atoms with Crippen molar-refractivity contribution in [3.8, 4) is 0 Å². The van der Waals surface area contributed by atoms with E-state index in [1.54, 1.807) is 13.0 Å². The Morgan fingerprint density at radius 1 is 1.42 bits per heavy atom. The predicted molar refractivity (Wildman–Crippen MR) is 49.8 cm³/mol. The Kier molecular flexibility index (Phi) is 5.09. The number of hydrogen-bond acceptors (Lipinski definition) is 2. The maximum atomic E-state index is 11.1. The minimum atomic E-state index is -0.247. The molecule has 0 aromatic heterocycles. The van der Waals surface area contributed by atoms with Crippen LogP contribution in [0.2, 0.25) is 0 Å². The Labute approximate surface area is 73.9 Å². The molecule has 1 unspecified atom stereocenters. The van der Waals surface area contributed by atoms with E-state index in [9.17, 15) is 4.79 Å².